The number of nitrogens with one attached hydrogen (secondary N) is 1. The van der Waals surface area contributed by atoms with Gasteiger partial charge >= 0.3 is 0 Å². The molecule has 3 aromatic carbocycles. The van der Waals surface area contributed by atoms with Gasteiger partial charge < -0.3 is 4.74 Å². The summed E-state index contributed by atoms with van der Waals surface area (Å²) in [4.78, 5) is 4.60. The molecule has 0 atom stereocenters. The third-order valence-electron chi connectivity index (χ3n) is 4.24. The molecule has 1 aromatic heterocycles. The molecule has 0 bridgehead atoms. The van der Waals surface area contributed by atoms with Gasteiger partial charge in [-0.05, 0) is 41.1 Å². The second kappa shape index (κ2) is 7.91. The number of hydrogen-bond acceptors (Lipinski definition) is 6. The Hall–Kier alpha value is -3.69. The molecule has 5 nitrogen and oxygen atoms in total. The molecule has 4 rings (SSSR count). The Kier molecular flexibility index (Phi) is 5.00. The Morgan fingerprint density at radius 1 is 1.07 bits per heavy atom. The van der Waals surface area contributed by atoms with E-state index in [2.05, 4.69) is 45.8 Å². The number of rotatable bonds is 5. The van der Waals surface area contributed by atoms with Gasteiger partial charge in [0.15, 0.2) is 10.7 Å². The van der Waals surface area contributed by atoms with Crippen LogP contribution in [0.25, 0.3) is 22.0 Å². The van der Waals surface area contributed by atoms with E-state index in [9.17, 15) is 5.26 Å². The van der Waals surface area contributed by atoms with Crippen molar-refractivity contribution in [3.05, 3.63) is 77.1 Å². The largest absolute Gasteiger partial charge is 0.497 e. The average molecular weight is 384 g/mol. The second-order valence-corrected chi connectivity index (χ2v) is 6.87. The molecule has 6 heteroatoms. The van der Waals surface area contributed by atoms with Crippen molar-refractivity contribution in [3.63, 3.8) is 0 Å². The van der Waals surface area contributed by atoms with Crippen LogP contribution < -0.4 is 10.2 Å². The number of nitriles is 1. The summed E-state index contributed by atoms with van der Waals surface area (Å²) in [6.45, 7) is 0. The highest BCUT2D eigenvalue weighted by Crippen LogP contribution is 2.26. The molecule has 1 N–H and O–H groups in total. The molecule has 136 valence electrons. The minimum Gasteiger partial charge on any atom is -0.497 e. The van der Waals surface area contributed by atoms with E-state index in [1.54, 1.807) is 7.11 Å². The highest BCUT2D eigenvalue weighted by atomic mass is 32.1. The summed E-state index contributed by atoms with van der Waals surface area (Å²) < 4.78 is 5.13. The molecular formula is C22H16N4OS. The van der Waals surface area contributed by atoms with E-state index in [1.165, 1.54) is 16.7 Å². The first-order chi connectivity index (χ1) is 13.8. The standard InChI is InChI=1S/C22H16N4OS/c1-27-19-10-8-18(9-11-19)25-26-20(13-23)22-24-21(14-28-22)17-7-6-15-4-2-3-5-16(15)12-17/h2-12,14,25H,1H3/b26-20-. The van der Waals surface area contributed by atoms with Gasteiger partial charge in [0, 0.05) is 10.9 Å². The fourth-order valence-electron chi connectivity index (χ4n) is 2.77. The smallest absolute Gasteiger partial charge is 0.196 e. The maximum Gasteiger partial charge on any atom is 0.196 e. The average Bonchev–Trinajstić information content (AvgIpc) is 3.24. The summed E-state index contributed by atoms with van der Waals surface area (Å²) in [6.07, 6.45) is 0. The van der Waals surface area contributed by atoms with E-state index >= 15 is 0 Å². The molecular weight excluding hydrogens is 368 g/mol. The van der Waals surface area contributed by atoms with Crippen LogP contribution in [0, 0.1) is 11.3 Å². The van der Waals surface area contributed by atoms with Crippen molar-refractivity contribution in [2.75, 3.05) is 12.5 Å². The molecule has 0 amide bonds. The summed E-state index contributed by atoms with van der Waals surface area (Å²) in [6, 6.07) is 23.9. The maximum absolute atomic E-state index is 9.49. The van der Waals surface area contributed by atoms with Gasteiger partial charge in [0.25, 0.3) is 0 Å². The number of aromatic nitrogens is 1. The predicted molar refractivity (Wildman–Crippen MR) is 114 cm³/mol. The second-order valence-electron chi connectivity index (χ2n) is 6.01. The first-order valence-corrected chi connectivity index (χ1v) is 9.48. The first kappa shape index (κ1) is 17.7. The van der Waals surface area contributed by atoms with E-state index in [1.807, 2.05) is 47.8 Å². The molecule has 0 fully saturated rings. The molecule has 0 aliphatic carbocycles. The van der Waals surface area contributed by atoms with Gasteiger partial charge in [0.2, 0.25) is 0 Å². The quantitative estimate of drug-likeness (QED) is 0.374. The molecule has 0 aliphatic heterocycles. The number of hydrogen-bond donors (Lipinski definition) is 1. The third kappa shape index (κ3) is 3.70. The van der Waals surface area contributed by atoms with Crippen LogP contribution in [0.3, 0.4) is 0 Å². The molecule has 28 heavy (non-hydrogen) atoms. The number of ether oxygens (including phenoxy) is 1. The van der Waals surface area contributed by atoms with E-state index in [4.69, 9.17) is 4.74 Å². The Bertz CT molecular complexity index is 1190. The van der Waals surface area contributed by atoms with Gasteiger partial charge in [-0.25, -0.2) is 4.98 Å². The van der Waals surface area contributed by atoms with Gasteiger partial charge in [-0.15, -0.1) is 11.3 Å². The number of benzene rings is 3. The fourth-order valence-corrected chi connectivity index (χ4v) is 3.54. The van der Waals surface area contributed by atoms with Crippen LogP contribution >= 0.6 is 11.3 Å². The zero-order chi connectivity index (χ0) is 19.3. The molecule has 0 saturated carbocycles. The van der Waals surface area contributed by atoms with Gasteiger partial charge in [0.1, 0.15) is 11.8 Å². The van der Waals surface area contributed by atoms with Crippen molar-refractivity contribution in [2.45, 2.75) is 0 Å². The lowest BCUT2D eigenvalue weighted by Gasteiger charge is -2.03. The van der Waals surface area contributed by atoms with E-state index in [0.717, 1.165) is 28.1 Å². The fraction of sp³-hybridized carbons (Fsp3) is 0.0455. The molecule has 4 aromatic rings. The van der Waals surface area contributed by atoms with Gasteiger partial charge in [-0.2, -0.15) is 10.4 Å². The van der Waals surface area contributed by atoms with Crippen molar-refractivity contribution < 1.29 is 4.74 Å². The number of methoxy groups -OCH3 is 1. The predicted octanol–water partition coefficient (Wildman–Crippen LogP) is 5.31. The zero-order valence-corrected chi connectivity index (χ0v) is 15.9. The Morgan fingerprint density at radius 2 is 1.86 bits per heavy atom. The number of hydrazone groups is 1. The van der Waals surface area contributed by atoms with E-state index in [0.29, 0.717) is 5.01 Å². The summed E-state index contributed by atoms with van der Waals surface area (Å²) in [5.41, 5.74) is 5.75. The monoisotopic (exact) mass is 384 g/mol. The van der Waals surface area contributed by atoms with Crippen LogP contribution in [0.2, 0.25) is 0 Å². The SMILES string of the molecule is COc1ccc(N/N=C(/C#N)c2nc(-c3ccc4ccccc4c3)cs2)cc1. The van der Waals surface area contributed by atoms with Crippen molar-refractivity contribution in [1.82, 2.24) is 4.98 Å². The Morgan fingerprint density at radius 3 is 2.61 bits per heavy atom. The minimum atomic E-state index is 0.243. The number of fused-ring (bicyclic) bond motifs is 1. The number of nitrogens with zero attached hydrogens (tertiary/aromatic N) is 3. The topological polar surface area (TPSA) is 70.3 Å². The summed E-state index contributed by atoms with van der Waals surface area (Å²) in [5.74, 6) is 0.759. The number of thiazole rings is 1. The highest BCUT2D eigenvalue weighted by Gasteiger charge is 2.11. The molecule has 0 saturated heterocycles. The van der Waals surface area contributed by atoms with Gasteiger partial charge in [-0.3, -0.25) is 5.43 Å². The molecule has 0 aliphatic rings. The third-order valence-corrected chi connectivity index (χ3v) is 5.09. The maximum atomic E-state index is 9.49. The summed E-state index contributed by atoms with van der Waals surface area (Å²) in [5, 5.41) is 18.6. The first-order valence-electron chi connectivity index (χ1n) is 8.60. The lowest BCUT2D eigenvalue weighted by atomic mass is 10.1. The Balaban J connectivity index is 1.57. The van der Waals surface area contributed by atoms with Crippen molar-refractivity contribution >= 4 is 33.5 Å². The van der Waals surface area contributed by atoms with Gasteiger partial charge in [0.05, 0.1) is 18.5 Å². The molecule has 0 radical (unpaired) electrons. The Labute approximate surface area is 166 Å². The highest BCUT2D eigenvalue weighted by molar-refractivity contribution is 7.12. The van der Waals surface area contributed by atoms with Crippen LogP contribution in [0.15, 0.2) is 77.2 Å². The van der Waals surface area contributed by atoms with Crippen molar-refractivity contribution in [2.24, 2.45) is 5.10 Å². The van der Waals surface area contributed by atoms with Crippen LogP contribution in [-0.4, -0.2) is 17.8 Å². The normalized spacial score (nSPS) is 11.2. The molecule has 1 heterocycles. The summed E-state index contributed by atoms with van der Waals surface area (Å²) >= 11 is 1.40. The molecule has 0 spiro atoms. The zero-order valence-electron chi connectivity index (χ0n) is 15.1. The van der Waals surface area contributed by atoms with Gasteiger partial charge in [-0.1, -0.05) is 36.4 Å². The van der Waals surface area contributed by atoms with Crippen LogP contribution in [0.1, 0.15) is 5.01 Å². The molecule has 0 unspecified atom stereocenters. The van der Waals surface area contributed by atoms with Crippen molar-refractivity contribution in [1.29, 1.82) is 5.26 Å². The van der Waals surface area contributed by atoms with Crippen LogP contribution in [-0.2, 0) is 0 Å². The van der Waals surface area contributed by atoms with E-state index < -0.39 is 0 Å². The lowest BCUT2D eigenvalue weighted by molar-refractivity contribution is 0.415. The lowest BCUT2D eigenvalue weighted by Crippen LogP contribution is -2.01. The van der Waals surface area contributed by atoms with Crippen molar-refractivity contribution in [3.8, 4) is 23.1 Å². The minimum absolute atomic E-state index is 0.243. The van der Waals surface area contributed by atoms with E-state index in [-0.39, 0.29) is 5.71 Å². The van der Waals surface area contributed by atoms with Crippen LogP contribution in [0.4, 0.5) is 5.69 Å². The summed E-state index contributed by atoms with van der Waals surface area (Å²) in [7, 11) is 1.62. The number of anilines is 1. The van der Waals surface area contributed by atoms with Crippen LogP contribution in [0.5, 0.6) is 5.75 Å².